The second kappa shape index (κ2) is 7.76. The van der Waals surface area contributed by atoms with Crippen molar-refractivity contribution in [2.24, 2.45) is 0 Å². The molecule has 0 heterocycles. The van der Waals surface area contributed by atoms with Crippen LogP contribution in [0.5, 0.6) is 0 Å². The SMILES string of the molecule is CC(=O)N[C@@H](CC(=O)Nc1ccc(C#N)cc1)c1ccccc1. The van der Waals surface area contributed by atoms with Crippen molar-refractivity contribution in [2.75, 3.05) is 5.32 Å². The van der Waals surface area contributed by atoms with E-state index in [1.165, 1.54) is 6.92 Å². The molecule has 2 aromatic carbocycles. The number of nitrogens with zero attached hydrogens (tertiary/aromatic N) is 1. The molecule has 0 radical (unpaired) electrons. The predicted octanol–water partition coefficient (Wildman–Crippen LogP) is 2.76. The third-order valence-electron chi connectivity index (χ3n) is 3.27. The maximum Gasteiger partial charge on any atom is 0.226 e. The molecule has 23 heavy (non-hydrogen) atoms. The first-order valence-electron chi connectivity index (χ1n) is 7.20. The second-order valence-electron chi connectivity index (χ2n) is 5.11. The van der Waals surface area contributed by atoms with Gasteiger partial charge in [-0.3, -0.25) is 9.59 Å². The zero-order chi connectivity index (χ0) is 16.7. The molecule has 0 unspecified atom stereocenters. The maximum absolute atomic E-state index is 12.2. The van der Waals surface area contributed by atoms with Gasteiger partial charge in [-0.15, -0.1) is 0 Å². The Hall–Kier alpha value is -3.13. The van der Waals surface area contributed by atoms with Crippen molar-refractivity contribution in [1.82, 2.24) is 5.32 Å². The molecule has 2 N–H and O–H groups in total. The summed E-state index contributed by atoms with van der Waals surface area (Å²) < 4.78 is 0. The van der Waals surface area contributed by atoms with E-state index in [-0.39, 0.29) is 24.3 Å². The highest BCUT2D eigenvalue weighted by molar-refractivity contribution is 5.91. The number of rotatable bonds is 5. The number of carbonyl (C=O) groups is 2. The topological polar surface area (TPSA) is 82.0 Å². The summed E-state index contributed by atoms with van der Waals surface area (Å²) in [5.74, 6) is -0.401. The highest BCUT2D eigenvalue weighted by Crippen LogP contribution is 2.18. The third kappa shape index (κ3) is 4.97. The number of hydrogen-bond acceptors (Lipinski definition) is 3. The molecule has 0 bridgehead atoms. The van der Waals surface area contributed by atoms with Gasteiger partial charge in [0.2, 0.25) is 11.8 Å². The van der Waals surface area contributed by atoms with E-state index < -0.39 is 0 Å². The summed E-state index contributed by atoms with van der Waals surface area (Å²) in [4.78, 5) is 23.6. The summed E-state index contributed by atoms with van der Waals surface area (Å²) in [5.41, 5.74) is 2.02. The summed E-state index contributed by atoms with van der Waals surface area (Å²) in [6, 6.07) is 17.6. The molecule has 0 aliphatic heterocycles. The van der Waals surface area contributed by atoms with Crippen LogP contribution >= 0.6 is 0 Å². The third-order valence-corrected chi connectivity index (χ3v) is 3.27. The van der Waals surface area contributed by atoms with Crippen LogP contribution in [-0.2, 0) is 9.59 Å². The summed E-state index contributed by atoms with van der Waals surface area (Å²) >= 11 is 0. The second-order valence-corrected chi connectivity index (χ2v) is 5.11. The lowest BCUT2D eigenvalue weighted by Gasteiger charge is -2.18. The maximum atomic E-state index is 12.2. The fourth-order valence-corrected chi connectivity index (χ4v) is 2.21. The van der Waals surface area contributed by atoms with Gasteiger partial charge in [-0.05, 0) is 29.8 Å². The minimum absolute atomic E-state index is 0.129. The fourth-order valence-electron chi connectivity index (χ4n) is 2.21. The molecule has 0 saturated heterocycles. The minimum Gasteiger partial charge on any atom is -0.349 e. The zero-order valence-electron chi connectivity index (χ0n) is 12.7. The Kier molecular flexibility index (Phi) is 5.48. The average molecular weight is 307 g/mol. The summed E-state index contributed by atoms with van der Waals surface area (Å²) in [6.45, 7) is 1.43. The standard InChI is InChI=1S/C18H17N3O2/c1-13(22)20-17(15-5-3-2-4-6-15)11-18(23)21-16-9-7-14(12-19)8-10-16/h2-10,17H,11H2,1H3,(H,20,22)(H,21,23)/t17-/m0/s1. The molecule has 2 aromatic rings. The van der Waals surface area contributed by atoms with Gasteiger partial charge in [-0.2, -0.15) is 5.26 Å². The van der Waals surface area contributed by atoms with Crippen molar-refractivity contribution in [3.05, 3.63) is 65.7 Å². The lowest BCUT2D eigenvalue weighted by atomic mass is 10.0. The van der Waals surface area contributed by atoms with E-state index in [1.807, 2.05) is 36.4 Å². The molecule has 116 valence electrons. The molecule has 2 rings (SSSR count). The molecular formula is C18H17N3O2. The Labute approximate surface area is 134 Å². The number of nitrogens with one attached hydrogen (secondary N) is 2. The molecular weight excluding hydrogens is 290 g/mol. The Bertz CT molecular complexity index is 718. The van der Waals surface area contributed by atoms with Gasteiger partial charge >= 0.3 is 0 Å². The number of hydrogen-bond donors (Lipinski definition) is 2. The molecule has 1 atom stereocenters. The molecule has 0 aliphatic carbocycles. The van der Waals surface area contributed by atoms with E-state index in [9.17, 15) is 9.59 Å². The van der Waals surface area contributed by atoms with Crippen LogP contribution in [0.15, 0.2) is 54.6 Å². The summed E-state index contributed by atoms with van der Waals surface area (Å²) in [6.07, 6.45) is 0.129. The highest BCUT2D eigenvalue weighted by atomic mass is 16.2. The van der Waals surface area contributed by atoms with E-state index in [0.29, 0.717) is 11.3 Å². The molecule has 5 nitrogen and oxygen atoms in total. The molecule has 0 aliphatic rings. The van der Waals surface area contributed by atoms with Crippen LogP contribution in [0, 0.1) is 11.3 Å². The van der Waals surface area contributed by atoms with Crippen LogP contribution in [0.1, 0.15) is 30.5 Å². The highest BCUT2D eigenvalue weighted by Gasteiger charge is 2.17. The quantitative estimate of drug-likeness (QED) is 0.891. The van der Waals surface area contributed by atoms with Gasteiger partial charge in [0.15, 0.2) is 0 Å². The molecule has 2 amide bonds. The first-order chi connectivity index (χ1) is 11.1. The van der Waals surface area contributed by atoms with E-state index in [1.54, 1.807) is 24.3 Å². The van der Waals surface area contributed by atoms with Crippen molar-refractivity contribution in [1.29, 1.82) is 5.26 Å². The van der Waals surface area contributed by atoms with Gasteiger partial charge in [0.1, 0.15) is 0 Å². The normalized spacial score (nSPS) is 11.1. The van der Waals surface area contributed by atoms with E-state index in [0.717, 1.165) is 5.56 Å². The largest absolute Gasteiger partial charge is 0.349 e. The van der Waals surface area contributed by atoms with Gasteiger partial charge in [-0.1, -0.05) is 30.3 Å². The van der Waals surface area contributed by atoms with E-state index in [2.05, 4.69) is 10.6 Å². The first-order valence-corrected chi connectivity index (χ1v) is 7.20. The van der Waals surface area contributed by atoms with Gasteiger partial charge < -0.3 is 10.6 Å². The summed E-state index contributed by atoms with van der Waals surface area (Å²) in [5, 5.41) is 14.3. The Morgan fingerprint density at radius 2 is 1.74 bits per heavy atom. The van der Waals surface area contributed by atoms with Crippen molar-refractivity contribution >= 4 is 17.5 Å². The number of nitriles is 1. The van der Waals surface area contributed by atoms with Gasteiger partial charge in [0.05, 0.1) is 24.1 Å². The van der Waals surface area contributed by atoms with Crippen LogP contribution in [0.3, 0.4) is 0 Å². The fraction of sp³-hybridized carbons (Fsp3) is 0.167. The Morgan fingerprint density at radius 3 is 2.30 bits per heavy atom. The van der Waals surface area contributed by atoms with Crippen LogP contribution in [0.25, 0.3) is 0 Å². The van der Waals surface area contributed by atoms with Crippen molar-refractivity contribution < 1.29 is 9.59 Å². The van der Waals surface area contributed by atoms with Crippen molar-refractivity contribution in [3.8, 4) is 6.07 Å². The molecule has 5 heteroatoms. The van der Waals surface area contributed by atoms with E-state index in [4.69, 9.17) is 5.26 Å². The molecule has 0 spiro atoms. The lowest BCUT2D eigenvalue weighted by Crippen LogP contribution is -2.29. The van der Waals surface area contributed by atoms with Crippen LogP contribution in [-0.4, -0.2) is 11.8 Å². The van der Waals surface area contributed by atoms with Crippen LogP contribution in [0.4, 0.5) is 5.69 Å². The predicted molar refractivity (Wildman–Crippen MR) is 87.4 cm³/mol. The van der Waals surface area contributed by atoms with Gasteiger partial charge in [-0.25, -0.2) is 0 Å². The Morgan fingerprint density at radius 1 is 1.09 bits per heavy atom. The number of amides is 2. The number of anilines is 1. The Balaban J connectivity index is 2.05. The number of carbonyl (C=O) groups excluding carboxylic acids is 2. The minimum atomic E-state index is -0.382. The number of benzene rings is 2. The first kappa shape index (κ1) is 16.2. The zero-order valence-corrected chi connectivity index (χ0v) is 12.7. The van der Waals surface area contributed by atoms with Gasteiger partial charge in [0.25, 0.3) is 0 Å². The van der Waals surface area contributed by atoms with Gasteiger partial charge in [0, 0.05) is 12.6 Å². The van der Waals surface area contributed by atoms with Crippen molar-refractivity contribution in [2.45, 2.75) is 19.4 Å². The summed E-state index contributed by atoms with van der Waals surface area (Å²) in [7, 11) is 0. The smallest absolute Gasteiger partial charge is 0.226 e. The van der Waals surface area contributed by atoms with Crippen molar-refractivity contribution in [3.63, 3.8) is 0 Å². The van der Waals surface area contributed by atoms with Crippen LogP contribution in [0.2, 0.25) is 0 Å². The molecule has 0 fully saturated rings. The molecule has 0 aromatic heterocycles. The average Bonchev–Trinajstić information content (AvgIpc) is 2.55. The van der Waals surface area contributed by atoms with Crippen LogP contribution < -0.4 is 10.6 Å². The molecule has 0 saturated carbocycles. The van der Waals surface area contributed by atoms with E-state index >= 15 is 0 Å². The monoisotopic (exact) mass is 307 g/mol. The lowest BCUT2D eigenvalue weighted by molar-refractivity contribution is -0.120.